The van der Waals surface area contributed by atoms with E-state index in [4.69, 9.17) is 9.47 Å². The highest BCUT2D eigenvalue weighted by Gasteiger charge is 2.29. The maximum absolute atomic E-state index is 12.4. The third-order valence-electron chi connectivity index (χ3n) is 4.88. The van der Waals surface area contributed by atoms with Gasteiger partial charge in [0.2, 0.25) is 0 Å². The average Bonchev–Trinajstić information content (AvgIpc) is 3.18. The summed E-state index contributed by atoms with van der Waals surface area (Å²) in [6.45, 7) is 2.03. The second-order valence-electron chi connectivity index (χ2n) is 6.81. The van der Waals surface area contributed by atoms with Crippen LogP contribution in [0.3, 0.4) is 0 Å². The molecular formula is C23H21N5O3. The zero-order chi connectivity index (χ0) is 21.8. The van der Waals surface area contributed by atoms with Gasteiger partial charge in [0.25, 0.3) is 5.91 Å². The number of nitrogens with zero attached hydrogens (tertiary/aromatic N) is 3. The molecule has 0 radical (unpaired) electrons. The topological polar surface area (TPSA) is 97.2 Å². The second kappa shape index (κ2) is 8.66. The van der Waals surface area contributed by atoms with E-state index in [1.54, 1.807) is 38.6 Å². The van der Waals surface area contributed by atoms with Crippen LogP contribution in [0.25, 0.3) is 11.1 Å². The highest BCUT2D eigenvalue weighted by Crippen LogP contribution is 2.27. The van der Waals surface area contributed by atoms with E-state index in [0.29, 0.717) is 22.8 Å². The standard InChI is InChI=1S/C23H21N5O3/c1-14-6-7-16(11-18(14)15-5-4-10-24-13-15)25-27-22-21(26-28-23(22)29)19-12-17(30-2)8-9-20(19)31-3/h4-13,25H,1-3H3,(H,27,28,29). The van der Waals surface area contributed by atoms with Crippen molar-refractivity contribution in [3.63, 3.8) is 0 Å². The van der Waals surface area contributed by atoms with Crippen LogP contribution in [0.1, 0.15) is 11.1 Å². The van der Waals surface area contributed by atoms with Crippen LogP contribution in [0.5, 0.6) is 11.5 Å². The van der Waals surface area contributed by atoms with Gasteiger partial charge in [-0.25, -0.2) is 5.43 Å². The minimum atomic E-state index is -0.410. The van der Waals surface area contributed by atoms with Gasteiger partial charge >= 0.3 is 0 Å². The SMILES string of the molecule is COc1ccc(OC)c(C2=NNC(=O)/C2=N/Nc2ccc(C)c(-c3cccnc3)c2)c1. The predicted octanol–water partition coefficient (Wildman–Crippen LogP) is 3.38. The molecule has 0 fully saturated rings. The van der Waals surface area contributed by atoms with E-state index in [2.05, 4.69) is 26.0 Å². The molecule has 3 aromatic rings. The summed E-state index contributed by atoms with van der Waals surface area (Å²) in [4.78, 5) is 16.6. The summed E-state index contributed by atoms with van der Waals surface area (Å²) in [7, 11) is 3.12. The third kappa shape index (κ3) is 4.09. The van der Waals surface area contributed by atoms with E-state index >= 15 is 0 Å². The van der Waals surface area contributed by atoms with Crippen LogP contribution in [-0.4, -0.2) is 36.5 Å². The fourth-order valence-corrected chi connectivity index (χ4v) is 3.26. The van der Waals surface area contributed by atoms with Crippen molar-refractivity contribution in [3.8, 4) is 22.6 Å². The zero-order valence-corrected chi connectivity index (χ0v) is 17.3. The number of hydrazone groups is 2. The molecule has 8 nitrogen and oxygen atoms in total. The molecule has 156 valence electrons. The lowest BCUT2D eigenvalue weighted by atomic mass is 10.0. The van der Waals surface area contributed by atoms with Crippen molar-refractivity contribution in [2.75, 3.05) is 19.6 Å². The fraction of sp³-hybridized carbons (Fsp3) is 0.130. The third-order valence-corrected chi connectivity index (χ3v) is 4.88. The number of hydrogen-bond acceptors (Lipinski definition) is 7. The van der Waals surface area contributed by atoms with Crippen LogP contribution < -0.4 is 20.3 Å². The van der Waals surface area contributed by atoms with Gasteiger partial charge in [0.15, 0.2) is 5.71 Å². The summed E-state index contributed by atoms with van der Waals surface area (Å²) >= 11 is 0. The van der Waals surface area contributed by atoms with E-state index in [0.717, 1.165) is 22.4 Å². The number of ether oxygens (including phenoxy) is 2. The molecule has 31 heavy (non-hydrogen) atoms. The lowest BCUT2D eigenvalue weighted by Gasteiger charge is -2.11. The molecule has 1 aliphatic rings. The Balaban J connectivity index is 1.66. The monoisotopic (exact) mass is 415 g/mol. The van der Waals surface area contributed by atoms with E-state index in [9.17, 15) is 4.79 Å². The second-order valence-corrected chi connectivity index (χ2v) is 6.81. The first-order chi connectivity index (χ1) is 15.1. The number of rotatable bonds is 6. The predicted molar refractivity (Wildman–Crippen MR) is 120 cm³/mol. The van der Waals surface area contributed by atoms with Gasteiger partial charge in [-0.15, -0.1) is 0 Å². The molecule has 8 heteroatoms. The smallest absolute Gasteiger partial charge is 0.294 e. The van der Waals surface area contributed by atoms with E-state index in [-0.39, 0.29) is 5.71 Å². The molecule has 2 heterocycles. The van der Waals surface area contributed by atoms with Crippen LogP contribution in [0.2, 0.25) is 0 Å². The summed E-state index contributed by atoms with van der Waals surface area (Å²) < 4.78 is 10.7. The number of benzene rings is 2. The maximum Gasteiger partial charge on any atom is 0.294 e. The van der Waals surface area contributed by atoms with Gasteiger partial charge in [-0.05, 0) is 54.4 Å². The number of hydrogen-bond donors (Lipinski definition) is 2. The molecule has 1 amide bonds. The van der Waals surface area contributed by atoms with Crippen LogP contribution >= 0.6 is 0 Å². The minimum absolute atomic E-state index is 0.148. The molecule has 1 aliphatic heterocycles. The Bertz CT molecular complexity index is 1190. The highest BCUT2D eigenvalue weighted by molar-refractivity contribution is 6.72. The van der Waals surface area contributed by atoms with Gasteiger partial charge in [0, 0.05) is 18.0 Å². The van der Waals surface area contributed by atoms with Crippen molar-refractivity contribution < 1.29 is 14.3 Å². The molecule has 0 aliphatic carbocycles. The maximum atomic E-state index is 12.4. The van der Waals surface area contributed by atoms with Gasteiger partial charge in [-0.3, -0.25) is 15.2 Å². The Morgan fingerprint density at radius 1 is 1.03 bits per heavy atom. The summed E-state index contributed by atoms with van der Waals surface area (Å²) in [6, 6.07) is 15.0. The lowest BCUT2D eigenvalue weighted by molar-refractivity contribution is -0.114. The summed E-state index contributed by atoms with van der Waals surface area (Å²) in [5.41, 5.74) is 10.4. The highest BCUT2D eigenvalue weighted by atomic mass is 16.5. The fourth-order valence-electron chi connectivity index (χ4n) is 3.26. The van der Waals surface area contributed by atoms with Gasteiger partial charge in [0.05, 0.1) is 25.5 Å². The number of aromatic nitrogens is 1. The Labute approximate surface area is 179 Å². The van der Waals surface area contributed by atoms with Crippen molar-refractivity contribution in [1.29, 1.82) is 0 Å². The van der Waals surface area contributed by atoms with Crippen molar-refractivity contribution >= 4 is 23.0 Å². The van der Waals surface area contributed by atoms with Crippen LogP contribution in [0, 0.1) is 6.92 Å². The first-order valence-electron chi connectivity index (χ1n) is 9.56. The van der Waals surface area contributed by atoms with Crippen LogP contribution in [0.15, 0.2) is 71.1 Å². The molecule has 1 aromatic heterocycles. The summed E-state index contributed by atoms with van der Waals surface area (Å²) in [5.74, 6) is 0.759. The number of carbonyl (C=O) groups is 1. The molecule has 0 saturated heterocycles. The first kappa shape index (κ1) is 20.1. The quantitative estimate of drug-likeness (QED) is 0.602. The summed E-state index contributed by atoms with van der Waals surface area (Å²) in [5, 5.41) is 8.49. The molecule has 4 rings (SSSR count). The number of carbonyl (C=O) groups excluding carboxylic acids is 1. The largest absolute Gasteiger partial charge is 0.497 e. The van der Waals surface area contributed by atoms with Gasteiger partial charge in [-0.2, -0.15) is 10.2 Å². The lowest BCUT2D eigenvalue weighted by Crippen LogP contribution is -2.25. The Kier molecular flexibility index (Phi) is 5.61. The van der Waals surface area contributed by atoms with E-state index in [1.807, 2.05) is 43.5 Å². The normalized spacial score (nSPS) is 14.2. The zero-order valence-electron chi connectivity index (χ0n) is 17.3. The van der Waals surface area contributed by atoms with Gasteiger partial charge in [0.1, 0.15) is 17.2 Å². The van der Waals surface area contributed by atoms with Crippen LogP contribution in [0.4, 0.5) is 5.69 Å². The molecule has 0 bridgehead atoms. The van der Waals surface area contributed by atoms with Crippen LogP contribution in [-0.2, 0) is 4.79 Å². The molecule has 2 aromatic carbocycles. The number of anilines is 1. The van der Waals surface area contributed by atoms with Crippen molar-refractivity contribution in [2.24, 2.45) is 10.2 Å². The number of amides is 1. The van der Waals surface area contributed by atoms with Crippen molar-refractivity contribution in [3.05, 3.63) is 72.1 Å². The molecule has 0 atom stereocenters. The number of aryl methyl sites for hydroxylation is 1. The molecule has 0 saturated carbocycles. The van der Waals surface area contributed by atoms with Crippen molar-refractivity contribution in [2.45, 2.75) is 6.92 Å². The molecule has 2 N–H and O–H groups in total. The minimum Gasteiger partial charge on any atom is -0.497 e. The Morgan fingerprint density at radius 2 is 1.90 bits per heavy atom. The van der Waals surface area contributed by atoms with Crippen molar-refractivity contribution in [1.82, 2.24) is 10.4 Å². The number of nitrogens with one attached hydrogen (secondary N) is 2. The summed E-state index contributed by atoms with van der Waals surface area (Å²) in [6.07, 6.45) is 3.54. The Morgan fingerprint density at radius 3 is 2.65 bits per heavy atom. The average molecular weight is 415 g/mol. The molecule has 0 unspecified atom stereocenters. The number of methoxy groups -OCH3 is 2. The van der Waals surface area contributed by atoms with E-state index < -0.39 is 5.91 Å². The first-order valence-corrected chi connectivity index (χ1v) is 9.56. The molecule has 0 spiro atoms. The van der Waals surface area contributed by atoms with Gasteiger partial charge < -0.3 is 9.47 Å². The van der Waals surface area contributed by atoms with E-state index in [1.165, 1.54) is 0 Å². The molecular weight excluding hydrogens is 394 g/mol. The van der Waals surface area contributed by atoms with Gasteiger partial charge in [-0.1, -0.05) is 12.1 Å². The Hall–Kier alpha value is -4.20. The number of pyridine rings is 1.